The van der Waals surface area contributed by atoms with Crippen molar-refractivity contribution in [1.82, 2.24) is 5.32 Å². The van der Waals surface area contributed by atoms with E-state index in [2.05, 4.69) is 36.5 Å². The molecule has 0 saturated heterocycles. The highest BCUT2D eigenvalue weighted by Gasteiger charge is 2.19. The number of rotatable bonds is 4. The Morgan fingerprint density at radius 2 is 1.55 bits per heavy atom. The van der Waals surface area contributed by atoms with Crippen LogP contribution >= 0.6 is 0 Å². The Labute approximate surface area is 120 Å². The molecule has 1 unspecified atom stereocenters. The molecule has 0 fully saturated rings. The van der Waals surface area contributed by atoms with Crippen molar-refractivity contribution in [1.29, 1.82) is 0 Å². The number of benzene rings is 2. The zero-order valence-electron chi connectivity index (χ0n) is 12.3. The molecule has 0 aliphatic heterocycles. The molecule has 0 aliphatic rings. The summed E-state index contributed by atoms with van der Waals surface area (Å²) < 4.78 is 0. The van der Waals surface area contributed by atoms with E-state index in [1.165, 1.54) is 5.56 Å². The number of hydrogen-bond acceptors (Lipinski definition) is 1. The van der Waals surface area contributed by atoms with E-state index >= 15 is 0 Å². The van der Waals surface area contributed by atoms with Gasteiger partial charge >= 0.3 is 0 Å². The summed E-state index contributed by atoms with van der Waals surface area (Å²) in [5, 5.41) is 3.15. The Kier molecular flexibility index (Phi) is 4.57. The molecule has 2 heteroatoms. The van der Waals surface area contributed by atoms with Crippen LogP contribution in [-0.4, -0.2) is 5.91 Å². The van der Waals surface area contributed by atoms with E-state index in [-0.39, 0.29) is 17.9 Å². The van der Waals surface area contributed by atoms with Crippen molar-refractivity contribution >= 4 is 5.91 Å². The summed E-state index contributed by atoms with van der Waals surface area (Å²) in [6.07, 6.45) is 0. The van der Waals surface area contributed by atoms with Gasteiger partial charge in [-0.1, -0.05) is 68.4 Å². The van der Waals surface area contributed by atoms with Crippen molar-refractivity contribution in [3.63, 3.8) is 0 Å². The summed E-state index contributed by atoms with van der Waals surface area (Å²) in [5.41, 5.74) is 3.44. The Bertz CT molecular complexity index is 575. The summed E-state index contributed by atoms with van der Waals surface area (Å²) in [6, 6.07) is 18.2. The predicted molar refractivity (Wildman–Crippen MR) is 82.4 cm³/mol. The molecule has 0 heterocycles. The summed E-state index contributed by atoms with van der Waals surface area (Å²) >= 11 is 0. The second-order valence-corrected chi connectivity index (χ2v) is 5.36. The SMILES string of the molecule is Cc1ccccc1C(NC(=O)C(C)C)c1ccccc1. The number of nitrogens with one attached hydrogen (secondary N) is 1. The number of amides is 1. The smallest absolute Gasteiger partial charge is 0.223 e. The summed E-state index contributed by atoms with van der Waals surface area (Å²) in [4.78, 5) is 12.1. The van der Waals surface area contributed by atoms with Crippen LogP contribution in [0.25, 0.3) is 0 Å². The van der Waals surface area contributed by atoms with Crippen LogP contribution in [0.5, 0.6) is 0 Å². The molecular weight excluding hydrogens is 246 g/mol. The third kappa shape index (κ3) is 3.27. The standard InChI is InChI=1S/C18H21NO/c1-13(2)18(20)19-17(15-10-5-4-6-11-15)16-12-8-7-9-14(16)3/h4-13,17H,1-3H3,(H,19,20). The van der Waals surface area contributed by atoms with Crippen molar-refractivity contribution in [2.45, 2.75) is 26.8 Å². The van der Waals surface area contributed by atoms with E-state index in [1.54, 1.807) is 0 Å². The molecule has 1 N–H and O–H groups in total. The van der Waals surface area contributed by atoms with Crippen molar-refractivity contribution in [3.8, 4) is 0 Å². The first-order chi connectivity index (χ1) is 9.59. The van der Waals surface area contributed by atoms with Gasteiger partial charge in [0.1, 0.15) is 0 Å². The first kappa shape index (κ1) is 14.3. The summed E-state index contributed by atoms with van der Waals surface area (Å²) in [6.45, 7) is 5.90. The van der Waals surface area contributed by atoms with Gasteiger partial charge in [0.25, 0.3) is 0 Å². The van der Waals surface area contributed by atoms with Crippen molar-refractivity contribution < 1.29 is 4.79 Å². The van der Waals surface area contributed by atoms with Crippen LogP contribution in [0.2, 0.25) is 0 Å². The van der Waals surface area contributed by atoms with Gasteiger partial charge in [0, 0.05) is 5.92 Å². The minimum Gasteiger partial charge on any atom is -0.345 e. The minimum atomic E-state index is -0.0905. The molecule has 0 aliphatic carbocycles. The van der Waals surface area contributed by atoms with Gasteiger partial charge in [-0.25, -0.2) is 0 Å². The Hall–Kier alpha value is -2.09. The van der Waals surface area contributed by atoms with Crippen LogP contribution in [0.1, 0.15) is 36.6 Å². The highest BCUT2D eigenvalue weighted by Crippen LogP contribution is 2.25. The van der Waals surface area contributed by atoms with E-state index in [9.17, 15) is 4.79 Å². The van der Waals surface area contributed by atoms with E-state index < -0.39 is 0 Å². The topological polar surface area (TPSA) is 29.1 Å². The molecule has 20 heavy (non-hydrogen) atoms. The molecule has 0 radical (unpaired) electrons. The maximum absolute atomic E-state index is 12.1. The van der Waals surface area contributed by atoms with Gasteiger partial charge in [-0.2, -0.15) is 0 Å². The van der Waals surface area contributed by atoms with Gasteiger partial charge in [0.05, 0.1) is 6.04 Å². The third-order valence-electron chi connectivity index (χ3n) is 3.44. The second-order valence-electron chi connectivity index (χ2n) is 5.36. The molecule has 0 aromatic heterocycles. The summed E-state index contributed by atoms with van der Waals surface area (Å²) in [5.74, 6) is 0.0485. The predicted octanol–water partition coefficient (Wildman–Crippen LogP) is 3.86. The molecule has 0 spiro atoms. The molecule has 1 atom stereocenters. The third-order valence-corrected chi connectivity index (χ3v) is 3.44. The molecule has 2 aromatic rings. The van der Waals surface area contributed by atoms with Crippen LogP contribution in [-0.2, 0) is 4.79 Å². The van der Waals surface area contributed by atoms with Crippen LogP contribution in [0.3, 0.4) is 0 Å². The molecule has 0 saturated carbocycles. The Morgan fingerprint density at radius 3 is 2.15 bits per heavy atom. The molecule has 2 aromatic carbocycles. The monoisotopic (exact) mass is 267 g/mol. The fourth-order valence-corrected chi connectivity index (χ4v) is 2.21. The zero-order chi connectivity index (χ0) is 14.5. The fourth-order valence-electron chi connectivity index (χ4n) is 2.21. The van der Waals surface area contributed by atoms with Gasteiger partial charge in [0.15, 0.2) is 0 Å². The van der Waals surface area contributed by atoms with Crippen LogP contribution in [0.4, 0.5) is 0 Å². The van der Waals surface area contributed by atoms with Crippen LogP contribution < -0.4 is 5.32 Å². The van der Waals surface area contributed by atoms with E-state index in [0.29, 0.717) is 0 Å². The number of hydrogen-bond donors (Lipinski definition) is 1. The fraction of sp³-hybridized carbons (Fsp3) is 0.278. The largest absolute Gasteiger partial charge is 0.345 e. The maximum Gasteiger partial charge on any atom is 0.223 e. The lowest BCUT2D eigenvalue weighted by molar-refractivity contribution is -0.124. The van der Waals surface area contributed by atoms with Crippen LogP contribution in [0, 0.1) is 12.8 Å². The molecule has 2 nitrogen and oxygen atoms in total. The van der Waals surface area contributed by atoms with Crippen LogP contribution in [0.15, 0.2) is 54.6 Å². The van der Waals surface area contributed by atoms with E-state index in [4.69, 9.17) is 0 Å². The van der Waals surface area contributed by atoms with Gasteiger partial charge in [-0.05, 0) is 23.6 Å². The van der Waals surface area contributed by atoms with Crippen molar-refractivity contribution in [2.75, 3.05) is 0 Å². The number of aryl methyl sites for hydroxylation is 1. The van der Waals surface area contributed by atoms with Gasteiger partial charge in [-0.15, -0.1) is 0 Å². The Balaban J connectivity index is 2.40. The van der Waals surface area contributed by atoms with Gasteiger partial charge in [-0.3, -0.25) is 4.79 Å². The van der Waals surface area contributed by atoms with E-state index in [0.717, 1.165) is 11.1 Å². The quantitative estimate of drug-likeness (QED) is 0.895. The lowest BCUT2D eigenvalue weighted by Gasteiger charge is -2.22. The average Bonchev–Trinajstić information content (AvgIpc) is 2.46. The summed E-state index contributed by atoms with van der Waals surface area (Å²) in [7, 11) is 0. The zero-order valence-corrected chi connectivity index (χ0v) is 12.3. The number of carbonyl (C=O) groups excluding carboxylic acids is 1. The average molecular weight is 267 g/mol. The molecular formula is C18H21NO. The molecule has 2 rings (SSSR count). The van der Waals surface area contributed by atoms with Crippen molar-refractivity contribution in [2.24, 2.45) is 5.92 Å². The Morgan fingerprint density at radius 1 is 0.950 bits per heavy atom. The lowest BCUT2D eigenvalue weighted by atomic mass is 9.94. The highest BCUT2D eigenvalue weighted by molar-refractivity contribution is 5.79. The number of carbonyl (C=O) groups is 1. The maximum atomic E-state index is 12.1. The molecule has 0 bridgehead atoms. The normalized spacial score (nSPS) is 12.2. The first-order valence-corrected chi connectivity index (χ1v) is 7.00. The van der Waals surface area contributed by atoms with Gasteiger partial charge < -0.3 is 5.32 Å². The molecule has 1 amide bonds. The molecule has 104 valence electrons. The van der Waals surface area contributed by atoms with E-state index in [1.807, 2.05) is 44.2 Å². The lowest BCUT2D eigenvalue weighted by Crippen LogP contribution is -2.32. The highest BCUT2D eigenvalue weighted by atomic mass is 16.1. The second kappa shape index (κ2) is 6.38. The van der Waals surface area contributed by atoms with Crippen molar-refractivity contribution in [3.05, 3.63) is 71.3 Å². The minimum absolute atomic E-state index is 0.0229. The first-order valence-electron chi connectivity index (χ1n) is 7.00. The van der Waals surface area contributed by atoms with Gasteiger partial charge in [0.2, 0.25) is 5.91 Å².